The number of para-hydroxylation sites is 1. The van der Waals surface area contributed by atoms with Crippen molar-refractivity contribution in [2.75, 3.05) is 23.8 Å². The highest BCUT2D eigenvalue weighted by Gasteiger charge is 2.18. The lowest BCUT2D eigenvalue weighted by atomic mass is 10.1. The summed E-state index contributed by atoms with van der Waals surface area (Å²) in [7, 11) is 2.05. The first-order chi connectivity index (χ1) is 12.1. The first-order valence-corrected chi connectivity index (χ1v) is 8.39. The number of amides is 1. The molecule has 2 aromatic carbocycles. The van der Waals surface area contributed by atoms with E-state index >= 15 is 0 Å². The number of aromatic nitrogens is 2. The third-order valence-electron chi connectivity index (χ3n) is 4.63. The average Bonchev–Trinajstić information content (AvgIpc) is 3.19. The molecular weight excluding hydrogens is 312 g/mol. The Kier molecular flexibility index (Phi) is 3.76. The second-order valence-corrected chi connectivity index (χ2v) is 6.41. The van der Waals surface area contributed by atoms with Gasteiger partial charge >= 0.3 is 0 Å². The number of nitrogens with one attached hydrogen (secondary N) is 1. The molecule has 0 saturated carbocycles. The van der Waals surface area contributed by atoms with Gasteiger partial charge in [0.25, 0.3) is 5.91 Å². The van der Waals surface area contributed by atoms with E-state index in [1.165, 1.54) is 5.56 Å². The number of likely N-dealkylation sites (N-methyl/N-ethyl adjacent to an activating group) is 1. The first-order valence-electron chi connectivity index (χ1n) is 8.39. The summed E-state index contributed by atoms with van der Waals surface area (Å²) in [4.78, 5) is 14.8. The minimum Gasteiger partial charge on any atom is -0.374 e. The minimum atomic E-state index is -0.135. The summed E-state index contributed by atoms with van der Waals surface area (Å²) in [6.07, 6.45) is 2.95. The van der Waals surface area contributed by atoms with Gasteiger partial charge in [0.05, 0.1) is 5.69 Å². The lowest BCUT2D eigenvalue weighted by Gasteiger charge is -2.13. The topological polar surface area (TPSA) is 50.2 Å². The molecule has 1 N–H and O–H groups in total. The molecule has 126 valence electrons. The van der Waals surface area contributed by atoms with Crippen molar-refractivity contribution in [3.8, 4) is 5.69 Å². The van der Waals surface area contributed by atoms with Gasteiger partial charge in [0.2, 0.25) is 0 Å². The number of carbonyl (C=O) groups is 1. The van der Waals surface area contributed by atoms with Crippen LogP contribution in [0.3, 0.4) is 0 Å². The van der Waals surface area contributed by atoms with E-state index in [0.717, 1.165) is 29.9 Å². The normalized spacial score (nSPS) is 13.0. The van der Waals surface area contributed by atoms with E-state index < -0.39 is 0 Å². The lowest BCUT2D eigenvalue weighted by Crippen LogP contribution is -2.15. The van der Waals surface area contributed by atoms with E-state index in [1.54, 1.807) is 4.68 Å². The number of fused-ring (bicyclic) bond motifs is 1. The maximum Gasteiger partial charge on any atom is 0.256 e. The largest absolute Gasteiger partial charge is 0.374 e. The van der Waals surface area contributed by atoms with E-state index in [-0.39, 0.29) is 5.91 Å². The van der Waals surface area contributed by atoms with Gasteiger partial charge in [0.15, 0.2) is 5.82 Å². The first kappa shape index (κ1) is 15.4. The van der Waals surface area contributed by atoms with E-state index in [2.05, 4.69) is 22.4 Å². The second kappa shape index (κ2) is 6.09. The highest BCUT2D eigenvalue weighted by atomic mass is 16.1. The van der Waals surface area contributed by atoms with Gasteiger partial charge in [0, 0.05) is 36.6 Å². The summed E-state index contributed by atoms with van der Waals surface area (Å²) in [5, 5.41) is 7.44. The Morgan fingerprint density at radius 1 is 1.16 bits per heavy atom. The molecular formula is C20H20N4O. The maximum absolute atomic E-state index is 12.6. The van der Waals surface area contributed by atoms with Crippen LogP contribution in [0.1, 0.15) is 21.5 Å². The standard InChI is InChI=1S/C20H20N4O/c1-14-13-24(17-6-4-3-5-7-17)22-19(14)21-20(25)16-9-8-15-10-11-23(2)18(15)12-16/h3-9,12-13H,10-11H2,1-2H3,(H,21,22,25). The smallest absolute Gasteiger partial charge is 0.256 e. The van der Waals surface area contributed by atoms with Crippen LogP contribution in [0.4, 0.5) is 11.5 Å². The fraction of sp³-hybridized carbons (Fsp3) is 0.200. The van der Waals surface area contributed by atoms with Crippen LogP contribution in [0, 0.1) is 6.92 Å². The van der Waals surface area contributed by atoms with Gasteiger partial charge < -0.3 is 10.2 Å². The Balaban J connectivity index is 1.58. The number of hydrogen-bond donors (Lipinski definition) is 1. The number of nitrogens with zero attached hydrogens (tertiary/aromatic N) is 3. The molecule has 0 aliphatic carbocycles. The molecule has 25 heavy (non-hydrogen) atoms. The summed E-state index contributed by atoms with van der Waals surface area (Å²) in [5.41, 5.74) is 4.98. The predicted molar refractivity (Wildman–Crippen MR) is 99.7 cm³/mol. The van der Waals surface area contributed by atoms with Crippen LogP contribution in [0.15, 0.2) is 54.7 Å². The molecule has 0 spiro atoms. The number of aryl methyl sites for hydroxylation is 1. The van der Waals surface area contributed by atoms with Gasteiger partial charge in [-0.05, 0) is 43.2 Å². The van der Waals surface area contributed by atoms with Crippen LogP contribution < -0.4 is 10.2 Å². The van der Waals surface area contributed by atoms with E-state index in [0.29, 0.717) is 11.4 Å². The van der Waals surface area contributed by atoms with Gasteiger partial charge in [-0.25, -0.2) is 4.68 Å². The Bertz CT molecular complexity index is 930. The van der Waals surface area contributed by atoms with Crippen molar-refractivity contribution >= 4 is 17.4 Å². The molecule has 0 saturated heterocycles. The molecule has 1 aromatic heterocycles. The van der Waals surface area contributed by atoms with Crippen LogP contribution >= 0.6 is 0 Å². The maximum atomic E-state index is 12.6. The predicted octanol–water partition coefficient (Wildman–Crippen LogP) is 3.43. The molecule has 1 aliphatic rings. The number of hydrogen-bond acceptors (Lipinski definition) is 3. The van der Waals surface area contributed by atoms with Crippen LogP contribution in [0.5, 0.6) is 0 Å². The third-order valence-corrected chi connectivity index (χ3v) is 4.63. The average molecular weight is 332 g/mol. The zero-order valence-electron chi connectivity index (χ0n) is 14.4. The summed E-state index contributed by atoms with van der Waals surface area (Å²) in [6, 6.07) is 15.7. The summed E-state index contributed by atoms with van der Waals surface area (Å²) in [5.74, 6) is 0.451. The highest BCUT2D eigenvalue weighted by Crippen LogP contribution is 2.28. The van der Waals surface area contributed by atoms with Crippen LogP contribution in [-0.2, 0) is 6.42 Å². The molecule has 3 aromatic rings. The molecule has 0 unspecified atom stereocenters. The molecule has 2 heterocycles. The molecule has 0 atom stereocenters. The molecule has 4 rings (SSSR count). The number of carbonyl (C=O) groups excluding carboxylic acids is 1. The SMILES string of the molecule is Cc1cn(-c2ccccc2)nc1NC(=O)c1ccc2c(c1)N(C)CC2. The van der Waals surface area contributed by atoms with Crippen molar-refractivity contribution in [2.24, 2.45) is 0 Å². The Hall–Kier alpha value is -3.08. The fourth-order valence-corrected chi connectivity index (χ4v) is 3.16. The van der Waals surface area contributed by atoms with E-state index in [4.69, 9.17) is 0 Å². The fourth-order valence-electron chi connectivity index (χ4n) is 3.16. The van der Waals surface area contributed by atoms with Crippen molar-refractivity contribution in [3.63, 3.8) is 0 Å². The van der Waals surface area contributed by atoms with Gasteiger partial charge in [-0.2, -0.15) is 0 Å². The highest BCUT2D eigenvalue weighted by molar-refractivity contribution is 6.04. The second-order valence-electron chi connectivity index (χ2n) is 6.41. The molecule has 0 fully saturated rings. The molecule has 5 heteroatoms. The quantitative estimate of drug-likeness (QED) is 0.799. The van der Waals surface area contributed by atoms with Gasteiger partial charge in [-0.15, -0.1) is 5.10 Å². The third kappa shape index (κ3) is 2.89. The zero-order chi connectivity index (χ0) is 17.4. The number of benzene rings is 2. The van der Waals surface area contributed by atoms with Crippen molar-refractivity contribution in [2.45, 2.75) is 13.3 Å². The number of anilines is 2. The van der Waals surface area contributed by atoms with E-state index in [9.17, 15) is 4.79 Å². The Morgan fingerprint density at radius 2 is 1.96 bits per heavy atom. The van der Waals surface area contributed by atoms with Crippen LogP contribution in [-0.4, -0.2) is 29.3 Å². The van der Waals surface area contributed by atoms with Crippen molar-refractivity contribution in [1.29, 1.82) is 0 Å². The minimum absolute atomic E-state index is 0.135. The molecule has 0 radical (unpaired) electrons. The Labute approximate surface area is 146 Å². The van der Waals surface area contributed by atoms with E-state index in [1.807, 2.05) is 61.7 Å². The van der Waals surface area contributed by atoms with Crippen molar-refractivity contribution in [1.82, 2.24) is 9.78 Å². The van der Waals surface area contributed by atoms with Gasteiger partial charge in [-0.1, -0.05) is 24.3 Å². The Morgan fingerprint density at radius 3 is 2.76 bits per heavy atom. The molecule has 0 bridgehead atoms. The molecule has 1 amide bonds. The number of rotatable bonds is 3. The monoisotopic (exact) mass is 332 g/mol. The van der Waals surface area contributed by atoms with Crippen LogP contribution in [0.2, 0.25) is 0 Å². The molecule has 5 nitrogen and oxygen atoms in total. The van der Waals surface area contributed by atoms with Gasteiger partial charge in [-0.3, -0.25) is 4.79 Å². The molecule has 1 aliphatic heterocycles. The van der Waals surface area contributed by atoms with Crippen molar-refractivity contribution in [3.05, 3.63) is 71.4 Å². The van der Waals surface area contributed by atoms with Crippen molar-refractivity contribution < 1.29 is 4.79 Å². The summed E-state index contributed by atoms with van der Waals surface area (Å²) in [6.45, 7) is 2.94. The summed E-state index contributed by atoms with van der Waals surface area (Å²) >= 11 is 0. The van der Waals surface area contributed by atoms with Gasteiger partial charge in [0.1, 0.15) is 0 Å². The summed E-state index contributed by atoms with van der Waals surface area (Å²) < 4.78 is 1.78. The lowest BCUT2D eigenvalue weighted by molar-refractivity contribution is 0.102. The van der Waals surface area contributed by atoms with Crippen LogP contribution in [0.25, 0.3) is 5.69 Å². The zero-order valence-corrected chi connectivity index (χ0v) is 14.4.